The van der Waals surface area contributed by atoms with Crippen molar-refractivity contribution >= 4 is 53.1 Å². The fraction of sp³-hybridized carbons (Fsp3) is 0.316. The molecule has 0 saturated carbocycles. The molecule has 0 aromatic heterocycles. The van der Waals surface area contributed by atoms with Gasteiger partial charge in [-0.1, -0.05) is 172 Å². The van der Waals surface area contributed by atoms with E-state index in [0.29, 0.717) is 66.3 Å². The van der Waals surface area contributed by atoms with Crippen LogP contribution in [0.2, 0.25) is 0 Å². The predicted octanol–water partition coefficient (Wildman–Crippen LogP) is 17.1. The molecule has 2 N–H and O–H groups in total. The molecule has 23 nitrogen and oxygen atoms in total. The highest BCUT2D eigenvalue weighted by Gasteiger charge is 2.34. The van der Waals surface area contributed by atoms with Gasteiger partial charge >= 0.3 is 0 Å². The van der Waals surface area contributed by atoms with Gasteiger partial charge in [0.25, 0.3) is 22.6 Å². The van der Waals surface area contributed by atoms with Crippen molar-refractivity contribution in [3.8, 4) is 23.0 Å². The third-order valence-corrected chi connectivity index (χ3v) is 24.2. The Bertz CT molecular complexity index is 5290. The average Bonchev–Trinajstić information content (AvgIpc) is 0.760. The molecule has 0 spiro atoms. The van der Waals surface area contributed by atoms with Crippen LogP contribution in [0.25, 0.3) is 0 Å². The van der Waals surface area contributed by atoms with Crippen molar-refractivity contribution in [3.63, 3.8) is 0 Å². The van der Waals surface area contributed by atoms with E-state index < -0.39 is 30.4 Å². The number of rotatable bonds is 28. The van der Waals surface area contributed by atoms with Crippen molar-refractivity contribution in [1.82, 2.24) is 0 Å². The van der Waals surface area contributed by atoms with E-state index in [1.54, 1.807) is 43.5 Å². The Balaban J connectivity index is 0.000000174. The van der Waals surface area contributed by atoms with Gasteiger partial charge in [0.15, 0.2) is 33.4 Å². The van der Waals surface area contributed by atoms with Crippen LogP contribution in [0.5, 0.6) is 23.0 Å². The summed E-state index contributed by atoms with van der Waals surface area (Å²) in [4.78, 5) is 9.02. The fourth-order valence-electron chi connectivity index (χ4n) is 13.8. The third-order valence-electron chi connectivity index (χ3n) is 21.1. The monoisotopic (exact) mass is 1750 g/mol. The summed E-state index contributed by atoms with van der Waals surface area (Å²) in [7, 11) is -10.5. The number of fused-ring (bicyclic) bond motifs is 4. The van der Waals surface area contributed by atoms with Gasteiger partial charge in [0.05, 0.1) is 66.8 Å². The van der Waals surface area contributed by atoms with Gasteiger partial charge in [-0.3, -0.25) is 9.08 Å². The van der Waals surface area contributed by atoms with Gasteiger partial charge in [0.1, 0.15) is 44.1 Å². The maximum Gasteiger partial charge on any atom is 0.297 e. The van der Waals surface area contributed by atoms with Crippen LogP contribution in [0.3, 0.4) is 0 Å². The van der Waals surface area contributed by atoms with Crippen LogP contribution in [0.15, 0.2) is 282 Å². The standard InChI is InChI=1S/C36H41N2O4.C31H30N2O2.C12H18O5S.2C7H8O3S.C5H11O2/c1-36(2,30-14-16-34-28(22-30)24-37(26-41-34)32-10-6-4-7-11-32)31-15-17-35-29(23-31)25-38(33-12-8-5-9-13-33)27-42(35)21-20-40-19-18-39-3;1-31(2,25-13-15-29-23(17-25)19-32(21-34-29)27-9-5-3-6-10-27)26-14-16-30-24(18-26)20-33(22-35-30)28-11-7-4-8-12-28;1-11-3-5-12(6-4-11)18(14,15)17-10-9-16-8-2-7-13;2*1-6-2-4-7(5-3-6)11(8,9)10;1-2-7-5-3-4-6/h4-17,22-23H,18-21,24-27H2,1-3H3;3-18H,19-22H2,1-2H3;3-6,13H,2,7-10H2,1H3;2*2-5H,1H3,(H,8,9,10);6H,1-5H2/q+1;;;;;+1/p-2. The second-order valence-electron chi connectivity index (χ2n) is 30.9. The van der Waals surface area contributed by atoms with E-state index in [1.807, 2.05) is 32.9 Å². The molecule has 0 aliphatic carbocycles. The minimum Gasteiger partial charge on any atom is -0.744 e. The lowest BCUT2D eigenvalue weighted by Crippen LogP contribution is -2.36. The maximum atomic E-state index is 11.7. The lowest BCUT2D eigenvalue weighted by atomic mass is 9.77. The summed E-state index contributed by atoms with van der Waals surface area (Å²) in [6, 6.07) is 87.0. The summed E-state index contributed by atoms with van der Waals surface area (Å²) in [6.07, 6.45) is 1.25. The number of para-hydroxylation sites is 4. The Morgan fingerprint density at radius 1 is 0.395 bits per heavy atom. The van der Waals surface area contributed by atoms with Crippen LogP contribution in [0.4, 0.5) is 22.7 Å². The molecule has 4 heterocycles. The Labute approximate surface area is 732 Å². The molecular weight excluding hydrogens is 1630 g/mol. The summed E-state index contributed by atoms with van der Waals surface area (Å²) < 4.78 is 133. The topological polar surface area (TPSA) is 278 Å². The lowest BCUT2D eigenvalue weighted by Gasteiger charge is -2.38. The van der Waals surface area contributed by atoms with Gasteiger partial charge in [-0.05, 0) is 189 Å². The summed E-state index contributed by atoms with van der Waals surface area (Å²) in [5.74, 6) is 4.14. The molecule has 658 valence electrons. The molecule has 15 rings (SSSR count). The second kappa shape index (κ2) is 46.2. The SMILES string of the molecule is CC(C)(c1ccc2c(c1)CN(c1ccccc1)CO2)c1ccc2c(c1)CN(c1ccccc1)CO2.COCCOCC[O+]1CN(c2ccccc2)Cc2cc(C(C)(C)c3ccc4c(c3)CN(c3ccccc3)CO4)ccc21.Cc1ccc(S(=O)(=O)OCCOCCCO)cc1.Cc1ccc(S(=O)(=O)[O-])cc1.Cc1ccc(S(=O)(=O)[O-])cc1.[CH2+]COCCCO. The number of aryl methyl sites for hydroxylation is 3. The van der Waals surface area contributed by atoms with Crippen LogP contribution in [-0.4, -0.2) is 151 Å². The summed E-state index contributed by atoms with van der Waals surface area (Å²) in [5.41, 5.74) is 17.4. The molecule has 0 fully saturated rings. The number of methoxy groups -OCH3 is 1. The number of anilines is 4. The Morgan fingerprint density at radius 3 is 1.09 bits per heavy atom. The first-order valence-corrected chi connectivity index (χ1v) is 45.3. The summed E-state index contributed by atoms with van der Waals surface area (Å²) >= 11 is 0. The van der Waals surface area contributed by atoms with E-state index in [4.69, 9.17) is 47.6 Å². The van der Waals surface area contributed by atoms with Gasteiger partial charge in [-0.25, -0.2) is 16.8 Å². The first-order valence-electron chi connectivity index (χ1n) is 41.1. The lowest BCUT2D eigenvalue weighted by molar-refractivity contribution is -0.0907. The van der Waals surface area contributed by atoms with Crippen molar-refractivity contribution in [2.24, 2.45) is 0 Å². The van der Waals surface area contributed by atoms with Crippen LogP contribution >= 0.6 is 0 Å². The van der Waals surface area contributed by atoms with E-state index >= 15 is 0 Å². The zero-order chi connectivity index (χ0) is 88.7. The van der Waals surface area contributed by atoms with Crippen molar-refractivity contribution in [1.29, 1.82) is 0 Å². The van der Waals surface area contributed by atoms with E-state index in [9.17, 15) is 34.4 Å². The first kappa shape index (κ1) is 95.4. The minimum atomic E-state index is -4.27. The molecule has 26 heteroatoms. The fourth-order valence-corrected chi connectivity index (χ4v) is 15.7. The van der Waals surface area contributed by atoms with Crippen LogP contribution in [0.1, 0.15) is 102 Å². The number of hydrogen-bond acceptors (Lipinski definition) is 22. The van der Waals surface area contributed by atoms with E-state index in [1.165, 1.54) is 109 Å². The Morgan fingerprint density at radius 2 is 0.726 bits per heavy atom. The second-order valence-corrected chi connectivity index (χ2v) is 35.3. The van der Waals surface area contributed by atoms with Gasteiger partial charge < -0.3 is 71.5 Å². The molecular formula is C98H114N4O19S3. The zero-order valence-electron chi connectivity index (χ0n) is 71.8. The normalized spacial score (nSPS) is 13.5. The Kier molecular flexibility index (Phi) is 35.6. The van der Waals surface area contributed by atoms with E-state index in [2.05, 4.69) is 241 Å². The molecule has 4 aliphatic rings. The summed E-state index contributed by atoms with van der Waals surface area (Å²) in [6.45, 7) is 28.5. The first-order chi connectivity index (χ1) is 59.6. The number of ether oxygens (including phenoxy) is 7. The molecule has 0 bridgehead atoms. The number of benzene rings is 11. The summed E-state index contributed by atoms with van der Waals surface area (Å²) in [5, 5.41) is 16.7. The molecule has 0 unspecified atom stereocenters. The van der Waals surface area contributed by atoms with Crippen molar-refractivity contribution < 1.29 is 86.3 Å². The third kappa shape index (κ3) is 27.8. The number of aliphatic hydroxyl groups is 2. The molecule has 11 aromatic rings. The smallest absolute Gasteiger partial charge is 0.297 e. The highest BCUT2D eigenvalue weighted by molar-refractivity contribution is 7.87. The van der Waals surface area contributed by atoms with Crippen molar-refractivity contribution in [2.45, 2.75) is 113 Å². The quantitative estimate of drug-likeness (QED) is 0.0151. The van der Waals surface area contributed by atoms with Gasteiger partial charge in [-0.15, -0.1) is 0 Å². The number of nitrogens with zero attached hydrogens (tertiary/aromatic N) is 4. The van der Waals surface area contributed by atoms with Gasteiger partial charge in [0, 0.05) is 103 Å². The number of hydrogen-bond donors (Lipinski definition) is 2. The van der Waals surface area contributed by atoms with Crippen LogP contribution in [-0.2, 0) is 94.9 Å². The maximum absolute atomic E-state index is 11.7. The number of aliphatic hydroxyl groups excluding tert-OH is 2. The van der Waals surface area contributed by atoms with Crippen LogP contribution < -0.4 is 33.8 Å². The molecule has 0 saturated heterocycles. The van der Waals surface area contributed by atoms with Crippen molar-refractivity contribution in [3.05, 3.63) is 335 Å². The molecule has 0 radical (unpaired) electrons. The average molecular weight is 1750 g/mol. The van der Waals surface area contributed by atoms with Gasteiger partial charge in [0.2, 0.25) is 0 Å². The van der Waals surface area contributed by atoms with Crippen molar-refractivity contribution in [2.75, 3.05) is 126 Å². The van der Waals surface area contributed by atoms with E-state index in [0.717, 1.165) is 79.9 Å². The molecule has 124 heavy (non-hydrogen) atoms. The van der Waals surface area contributed by atoms with Gasteiger partial charge in [-0.2, -0.15) is 8.42 Å². The highest BCUT2D eigenvalue weighted by atomic mass is 32.2. The zero-order valence-corrected chi connectivity index (χ0v) is 74.3. The molecule has 0 atom stereocenters. The molecule has 11 aromatic carbocycles. The molecule has 4 aliphatic heterocycles. The van der Waals surface area contributed by atoms with E-state index in [-0.39, 0.29) is 51.9 Å². The Hall–Kier alpha value is -10.8. The van der Waals surface area contributed by atoms with Crippen LogP contribution in [0, 0.1) is 27.7 Å². The predicted molar refractivity (Wildman–Crippen MR) is 483 cm³/mol. The highest BCUT2D eigenvalue weighted by Crippen LogP contribution is 2.44. The minimum absolute atomic E-state index is 0.0262. The molecule has 0 amide bonds. The largest absolute Gasteiger partial charge is 0.744 e.